The Hall–Kier alpha value is -1.71. The number of piperidine rings is 1. The molecule has 0 spiro atoms. The van der Waals surface area contributed by atoms with Crippen molar-refractivity contribution in [3.05, 3.63) is 24.3 Å². The van der Waals surface area contributed by atoms with Gasteiger partial charge in [-0.05, 0) is 30.9 Å². The number of amides is 1. The van der Waals surface area contributed by atoms with Gasteiger partial charge in [-0.1, -0.05) is 19.1 Å². The molecule has 104 valence electrons. The molecule has 1 aromatic rings. The van der Waals surface area contributed by atoms with E-state index < -0.39 is 0 Å². The van der Waals surface area contributed by atoms with Crippen LogP contribution in [-0.2, 0) is 4.79 Å². The van der Waals surface area contributed by atoms with Crippen LogP contribution in [0.1, 0.15) is 26.2 Å². The van der Waals surface area contributed by atoms with Gasteiger partial charge < -0.3 is 15.4 Å². The summed E-state index contributed by atoms with van der Waals surface area (Å²) in [7, 11) is 0. The molecule has 19 heavy (non-hydrogen) atoms. The molecule has 2 rings (SSSR count). The van der Waals surface area contributed by atoms with Crippen LogP contribution in [-0.4, -0.2) is 30.5 Å². The van der Waals surface area contributed by atoms with E-state index in [-0.39, 0.29) is 5.91 Å². The van der Waals surface area contributed by atoms with E-state index in [4.69, 9.17) is 10.5 Å². The lowest BCUT2D eigenvalue weighted by atomic mass is 9.99. The number of nitrogen functional groups attached to an aromatic ring is 1. The molecule has 1 heterocycles. The molecule has 4 nitrogen and oxygen atoms in total. The van der Waals surface area contributed by atoms with Crippen molar-refractivity contribution >= 4 is 11.6 Å². The fourth-order valence-electron chi connectivity index (χ4n) is 2.28. The number of likely N-dealkylation sites (tertiary alicyclic amines) is 1. The van der Waals surface area contributed by atoms with Gasteiger partial charge in [0.15, 0.2) is 0 Å². The molecule has 0 atom stereocenters. The van der Waals surface area contributed by atoms with E-state index in [2.05, 4.69) is 6.92 Å². The van der Waals surface area contributed by atoms with Crippen LogP contribution in [0.25, 0.3) is 0 Å². The first-order valence-corrected chi connectivity index (χ1v) is 6.92. The third-order valence-corrected chi connectivity index (χ3v) is 3.63. The van der Waals surface area contributed by atoms with Crippen LogP contribution in [0, 0.1) is 5.92 Å². The van der Waals surface area contributed by atoms with Crippen molar-refractivity contribution in [2.75, 3.05) is 25.4 Å². The lowest BCUT2D eigenvalue weighted by Gasteiger charge is -2.30. The number of para-hydroxylation sites is 2. The number of anilines is 1. The Balaban J connectivity index is 1.74. The number of nitrogens with two attached hydrogens (primary N) is 1. The van der Waals surface area contributed by atoms with Gasteiger partial charge in [-0.15, -0.1) is 0 Å². The van der Waals surface area contributed by atoms with Crippen molar-refractivity contribution in [2.24, 2.45) is 5.92 Å². The lowest BCUT2D eigenvalue weighted by Crippen LogP contribution is -2.38. The minimum absolute atomic E-state index is 0.182. The number of ether oxygens (including phenoxy) is 1. The van der Waals surface area contributed by atoms with Crippen LogP contribution in [0.2, 0.25) is 0 Å². The highest BCUT2D eigenvalue weighted by atomic mass is 16.5. The highest BCUT2D eigenvalue weighted by molar-refractivity contribution is 5.76. The summed E-state index contributed by atoms with van der Waals surface area (Å²) in [6, 6.07) is 7.35. The van der Waals surface area contributed by atoms with Gasteiger partial charge in [-0.2, -0.15) is 0 Å². The minimum Gasteiger partial charge on any atom is -0.491 e. The van der Waals surface area contributed by atoms with Gasteiger partial charge in [0, 0.05) is 13.1 Å². The Kier molecular flexibility index (Phi) is 4.66. The largest absolute Gasteiger partial charge is 0.491 e. The predicted molar refractivity (Wildman–Crippen MR) is 75.9 cm³/mol. The molecule has 1 aromatic carbocycles. The summed E-state index contributed by atoms with van der Waals surface area (Å²) in [6.07, 6.45) is 2.64. The van der Waals surface area contributed by atoms with E-state index >= 15 is 0 Å². The topological polar surface area (TPSA) is 55.6 Å². The fourth-order valence-corrected chi connectivity index (χ4v) is 2.28. The number of carbonyl (C=O) groups is 1. The van der Waals surface area contributed by atoms with E-state index in [9.17, 15) is 4.79 Å². The molecule has 0 aliphatic carbocycles. The molecule has 4 heteroatoms. The Morgan fingerprint density at radius 3 is 2.74 bits per heavy atom. The van der Waals surface area contributed by atoms with Crippen molar-refractivity contribution in [1.82, 2.24) is 4.90 Å². The summed E-state index contributed by atoms with van der Waals surface area (Å²) < 4.78 is 5.55. The third kappa shape index (κ3) is 3.88. The lowest BCUT2D eigenvalue weighted by molar-refractivity contribution is -0.133. The van der Waals surface area contributed by atoms with E-state index in [0.29, 0.717) is 24.5 Å². The highest BCUT2D eigenvalue weighted by Gasteiger charge is 2.19. The molecular formula is C15H22N2O2. The quantitative estimate of drug-likeness (QED) is 0.847. The zero-order valence-electron chi connectivity index (χ0n) is 11.5. The molecule has 2 N–H and O–H groups in total. The summed E-state index contributed by atoms with van der Waals surface area (Å²) in [5.41, 5.74) is 6.39. The van der Waals surface area contributed by atoms with Crippen LogP contribution >= 0.6 is 0 Å². The molecule has 1 aliphatic heterocycles. The van der Waals surface area contributed by atoms with E-state index in [1.165, 1.54) is 0 Å². The van der Waals surface area contributed by atoms with Gasteiger partial charge in [-0.3, -0.25) is 4.79 Å². The number of nitrogens with zero attached hydrogens (tertiary/aromatic N) is 1. The van der Waals surface area contributed by atoms with Gasteiger partial charge in [0.1, 0.15) is 5.75 Å². The molecule has 0 bridgehead atoms. The smallest absolute Gasteiger partial charge is 0.225 e. The maximum atomic E-state index is 12.0. The normalized spacial score (nSPS) is 16.4. The van der Waals surface area contributed by atoms with E-state index in [1.54, 1.807) is 6.07 Å². The Morgan fingerprint density at radius 2 is 2.05 bits per heavy atom. The maximum Gasteiger partial charge on any atom is 0.225 e. The maximum absolute atomic E-state index is 12.0. The van der Waals surface area contributed by atoms with E-state index in [0.717, 1.165) is 31.8 Å². The summed E-state index contributed by atoms with van der Waals surface area (Å²) in [6.45, 7) is 4.39. The van der Waals surface area contributed by atoms with Gasteiger partial charge >= 0.3 is 0 Å². The third-order valence-electron chi connectivity index (χ3n) is 3.63. The molecule has 1 fully saturated rings. The first-order valence-electron chi connectivity index (χ1n) is 6.92. The zero-order valence-corrected chi connectivity index (χ0v) is 11.5. The number of hydrogen-bond acceptors (Lipinski definition) is 3. The van der Waals surface area contributed by atoms with Crippen molar-refractivity contribution in [1.29, 1.82) is 0 Å². The first kappa shape index (κ1) is 13.7. The van der Waals surface area contributed by atoms with E-state index in [1.807, 2.05) is 23.1 Å². The molecule has 0 radical (unpaired) electrons. The van der Waals surface area contributed by atoms with Crippen molar-refractivity contribution in [3.8, 4) is 5.75 Å². The second kappa shape index (κ2) is 6.45. The molecule has 0 unspecified atom stereocenters. The molecule has 0 aromatic heterocycles. The molecule has 1 amide bonds. The molecule has 0 saturated carbocycles. The molecule has 1 saturated heterocycles. The van der Waals surface area contributed by atoms with Gasteiger partial charge in [0.25, 0.3) is 0 Å². The van der Waals surface area contributed by atoms with Crippen molar-refractivity contribution in [3.63, 3.8) is 0 Å². The van der Waals surface area contributed by atoms with Crippen LogP contribution in [0.5, 0.6) is 5.75 Å². The standard InChI is InChI=1S/C15H22N2O2/c1-12-6-9-17(10-7-12)15(18)8-11-19-14-5-3-2-4-13(14)16/h2-5,12H,6-11,16H2,1H3. The second-order valence-electron chi connectivity index (χ2n) is 5.20. The summed E-state index contributed by atoms with van der Waals surface area (Å²) in [5, 5.41) is 0. The zero-order chi connectivity index (χ0) is 13.7. The summed E-state index contributed by atoms with van der Waals surface area (Å²) in [5.74, 6) is 1.58. The number of benzene rings is 1. The second-order valence-corrected chi connectivity index (χ2v) is 5.20. The minimum atomic E-state index is 0.182. The summed E-state index contributed by atoms with van der Waals surface area (Å²) >= 11 is 0. The highest BCUT2D eigenvalue weighted by Crippen LogP contribution is 2.20. The van der Waals surface area contributed by atoms with Crippen LogP contribution < -0.4 is 10.5 Å². The van der Waals surface area contributed by atoms with Gasteiger partial charge in [0.05, 0.1) is 18.7 Å². The van der Waals surface area contributed by atoms with Crippen molar-refractivity contribution < 1.29 is 9.53 Å². The van der Waals surface area contributed by atoms with Crippen LogP contribution in [0.3, 0.4) is 0 Å². The Morgan fingerprint density at radius 1 is 1.37 bits per heavy atom. The molecular weight excluding hydrogens is 240 g/mol. The SMILES string of the molecule is CC1CCN(C(=O)CCOc2ccccc2N)CC1. The predicted octanol–water partition coefficient (Wildman–Crippen LogP) is 2.30. The first-order chi connectivity index (χ1) is 9.16. The monoisotopic (exact) mass is 262 g/mol. The van der Waals surface area contributed by atoms with Gasteiger partial charge in [0.2, 0.25) is 5.91 Å². The molecule has 1 aliphatic rings. The van der Waals surface area contributed by atoms with Crippen LogP contribution in [0.15, 0.2) is 24.3 Å². The number of hydrogen-bond donors (Lipinski definition) is 1. The summed E-state index contributed by atoms with van der Waals surface area (Å²) in [4.78, 5) is 13.9. The fraction of sp³-hybridized carbons (Fsp3) is 0.533. The average Bonchev–Trinajstić information content (AvgIpc) is 2.41. The number of carbonyl (C=O) groups excluding carboxylic acids is 1. The van der Waals surface area contributed by atoms with Crippen LogP contribution in [0.4, 0.5) is 5.69 Å². The number of rotatable bonds is 4. The Labute approximate surface area is 114 Å². The average molecular weight is 262 g/mol. The van der Waals surface area contributed by atoms with Crippen molar-refractivity contribution in [2.45, 2.75) is 26.2 Å². The Bertz CT molecular complexity index is 426. The van der Waals surface area contributed by atoms with Gasteiger partial charge in [-0.25, -0.2) is 0 Å².